The molecule has 5 atom stereocenters. The third kappa shape index (κ3) is 5.13. The van der Waals surface area contributed by atoms with Crippen molar-refractivity contribution >= 4 is 11.9 Å². The van der Waals surface area contributed by atoms with Crippen LogP contribution in [0.15, 0.2) is 42.5 Å². The second-order valence-corrected chi connectivity index (χ2v) is 7.86. The third-order valence-electron chi connectivity index (χ3n) is 5.71. The summed E-state index contributed by atoms with van der Waals surface area (Å²) in [6.07, 6.45) is -2.54. The lowest BCUT2D eigenvalue weighted by Gasteiger charge is -2.19. The van der Waals surface area contributed by atoms with Crippen LogP contribution in [0.25, 0.3) is 0 Å². The number of hydrogen-bond acceptors (Lipinski definition) is 6. The monoisotopic (exact) mass is 447 g/mol. The third-order valence-corrected chi connectivity index (χ3v) is 5.71. The number of aliphatic hydroxyl groups excluding tert-OH is 2. The Labute approximate surface area is 184 Å². The summed E-state index contributed by atoms with van der Waals surface area (Å²) < 4.78 is 20.1. The summed E-state index contributed by atoms with van der Waals surface area (Å²) >= 11 is 0. The fourth-order valence-electron chi connectivity index (χ4n) is 4.23. The molecule has 2 aromatic rings. The summed E-state index contributed by atoms with van der Waals surface area (Å²) in [5.74, 6) is -3.40. The van der Waals surface area contributed by atoms with Gasteiger partial charge in [-0.25, -0.2) is 14.0 Å². The molecule has 1 saturated heterocycles. The molecule has 4 rings (SSSR count). The summed E-state index contributed by atoms with van der Waals surface area (Å²) in [5, 5.41) is 35.7. The van der Waals surface area contributed by atoms with Gasteiger partial charge in [-0.05, 0) is 54.3 Å². The number of carboxylic acid groups (broad SMARTS) is 2. The molecule has 0 spiro atoms. The Balaban J connectivity index is 0.000000247. The molecule has 2 aromatic carbocycles. The van der Waals surface area contributed by atoms with Gasteiger partial charge < -0.3 is 30.5 Å². The van der Waals surface area contributed by atoms with Crippen LogP contribution in [0.3, 0.4) is 0 Å². The second kappa shape index (κ2) is 10.2. The maximum Gasteiger partial charge on any atom is 0.335 e. The van der Waals surface area contributed by atoms with Crippen LogP contribution in [0.5, 0.6) is 0 Å². The Morgan fingerprint density at radius 2 is 1.69 bits per heavy atom. The number of carbonyl (C=O) groups is 2. The Morgan fingerprint density at radius 3 is 2.31 bits per heavy atom. The van der Waals surface area contributed by atoms with Gasteiger partial charge in [-0.15, -0.1) is 0 Å². The van der Waals surface area contributed by atoms with E-state index < -0.39 is 24.1 Å². The first-order valence-corrected chi connectivity index (χ1v) is 10.2. The van der Waals surface area contributed by atoms with Crippen molar-refractivity contribution in [1.29, 1.82) is 0 Å². The van der Waals surface area contributed by atoms with Crippen LogP contribution in [0.1, 0.15) is 40.7 Å². The van der Waals surface area contributed by atoms with Gasteiger partial charge in [-0.1, -0.05) is 30.3 Å². The molecular weight excluding hydrogens is 421 g/mol. The Bertz CT molecular complexity index is 965. The molecule has 0 aromatic heterocycles. The highest BCUT2D eigenvalue weighted by atomic mass is 19.1. The summed E-state index contributed by atoms with van der Waals surface area (Å²) in [4.78, 5) is 19.5. The standard InChI is InChI=1S/C19H20FNO.C4H6O6/c1-21-11-15-10-18-16-5-3-2-4-12(16)8-13-6-7-14(20)9-17(13)19(18)22-15;5-1(3(7)8)2(6)4(9)10/h2-7,9,15,18-19,21H,8,10-11H2,1H3;1-2,5-6H,(H,7,8)(H,9,10). The Morgan fingerprint density at radius 1 is 1.06 bits per heavy atom. The highest BCUT2D eigenvalue weighted by molar-refractivity contribution is 5.83. The van der Waals surface area contributed by atoms with E-state index in [4.69, 9.17) is 25.2 Å². The maximum absolute atomic E-state index is 13.8. The molecule has 1 heterocycles. The van der Waals surface area contributed by atoms with E-state index in [1.54, 1.807) is 12.1 Å². The summed E-state index contributed by atoms with van der Waals surface area (Å²) in [5.41, 5.74) is 4.92. The van der Waals surface area contributed by atoms with Crippen LogP contribution in [-0.2, 0) is 20.7 Å². The zero-order valence-electron chi connectivity index (χ0n) is 17.4. The molecule has 172 valence electrons. The van der Waals surface area contributed by atoms with E-state index in [1.165, 1.54) is 16.7 Å². The molecular formula is C23H26FNO7. The van der Waals surface area contributed by atoms with Crippen molar-refractivity contribution in [3.8, 4) is 0 Å². The largest absolute Gasteiger partial charge is 0.479 e. The molecule has 9 heteroatoms. The minimum atomic E-state index is -2.27. The van der Waals surface area contributed by atoms with Crippen molar-refractivity contribution in [3.63, 3.8) is 0 Å². The number of nitrogens with one attached hydrogen (secondary N) is 1. The normalized spacial score (nSPS) is 22.8. The number of aliphatic carboxylic acids is 2. The fourth-order valence-corrected chi connectivity index (χ4v) is 4.23. The van der Waals surface area contributed by atoms with Gasteiger partial charge in [0.05, 0.1) is 12.2 Å². The van der Waals surface area contributed by atoms with Gasteiger partial charge in [0.15, 0.2) is 12.2 Å². The lowest BCUT2D eigenvalue weighted by atomic mass is 9.87. The zero-order chi connectivity index (χ0) is 23.4. The molecule has 32 heavy (non-hydrogen) atoms. The molecule has 0 saturated carbocycles. The summed E-state index contributed by atoms with van der Waals surface area (Å²) in [7, 11) is 1.94. The predicted molar refractivity (Wildman–Crippen MR) is 112 cm³/mol. The number of fused-ring (bicyclic) bond motifs is 5. The molecule has 0 bridgehead atoms. The van der Waals surface area contributed by atoms with Gasteiger partial charge in [0.2, 0.25) is 0 Å². The minimum Gasteiger partial charge on any atom is -0.479 e. The van der Waals surface area contributed by atoms with Crippen molar-refractivity contribution < 1.29 is 39.1 Å². The van der Waals surface area contributed by atoms with Crippen LogP contribution < -0.4 is 5.32 Å². The Hall–Kier alpha value is -2.85. The first-order valence-electron chi connectivity index (χ1n) is 10.2. The van der Waals surface area contributed by atoms with Gasteiger partial charge in [-0.2, -0.15) is 0 Å². The van der Waals surface area contributed by atoms with Gasteiger partial charge in [0.1, 0.15) is 5.82 Å². The maximum atomic E-state index is 13.8. The number of rotatable bonds is 5. The summed E-state index contributed by atoms with van der Waals surface area (Å²) in [6.45, 7) is 0.833. The molecule has 5 unspecified atom stereocenters. The lowest BCUT2D eigenvalue weighted by molar-refractivity contribution is -0.165. The van der Waals surface area contributed by atoms with Crippen molar-refractivity contribution in [3.05, 3.63) is 70.5 Å². The Kier molecular flexibility index (Phi) is 7.57. The zero-order valence-corrected chi connectivity index (χ0v) is 17.4. The average Bonchev–Trinajstić information content (AvgIpc) is 3.13. The van der Waals surface area contributed by atoms with Crippen LogP contribution >= 0.6 is 0 Å². The van der Waals surface area contributed by atoms with Crippen LogP contribution in [-0.4, -0.2) is 64.3 Å². The van der Waals surface area contributed by atoms with E-state index in [1.807, 2.05) is 13.1 Å². The van der Waals surface area contributed by atoms with Gasteiger partial charge in [0, 0.05) is 12.5 Å². The predicted octanol–water partition coefficient (Wildman–Crippen LogP) is 1.44. The smallest absolute Gasteiger partial charge is 0.335 e. The van der Waals surface area contributed by atoms with Gasteiger partial charge >= 0.3 is 11.9 Å². The lowest BCUT2D eigenvalue weighted by Crippen LogP contribution is -2.39. The average molecular weight is 447 g/mol. The molecule has 8 nitrogen and oxygen atoms in total. The van der Waals surface area contributed by atoms with E-state index in [9.17, 15) is 14.0 Å². The van der Waals surface area contributed by atoms with Crippen molar-refractivity contribution in [2.45, 2.75) is 43.2 Å². The summed E-state index contributed by atoms with van der Waals surface area (Å²) in [6, 6.07) is 13.7. The minimum absolute atomic E-state index is 0.0345. The molecule has 2 aliphatic rings. The molecule has 0 amide bonds. The van der Waals surface area contributed by atoms with Gasteiger partial charge in [0.25, 0.3) is 0 Å². The molecule has 5 N–H and O–H groups in total. The quantitative estimate of drug-likeness (QED) is 0.465. The van der Waals surface area contributed by atoms with Crippen LogP contribution in [0, 0.1) is 5.82 Å². The van der Waals surface area contributed by atoms with Crippen LogP contribution in [0.4, 0.5) is 4.39 Å². The highest BCUT2D eigenvalue weighted by Gasteiger charge is 2.40. The first kappa shape index (κ1) is 23.8. The topological polar surface area (TPSA) is 136 Å². The molecule has 0 radical (unpaired) electrons. The van der Waals surface area contributed by atoms with Crippen molar-refractivity contribution in [2.24, 2.45) is 0 Å². The van der Waals surface area contributed by atoms with Crippen molar-refractivity contribution in [2.75, 3.05) is 13.6 Å². The molecule has 1 fully saturated rings. The number of hydrogen-bond donors (Lipinski definition) is 5. The second-order valence-electron chi connectivity index (χ2n) is 7.86. The van der Waals surface area contributed by atoms with E-state index in [2.05, 4.69) is 29.6 Å². The SMILES string of the molecule is CNCC1CC2c3ccccc3Cc3ccc(F)cc3C2O1.O=C(O)C(O)C(O)C(=O)O. The number of halogens is 1. The number of aliphatic hydroxyl groups is 2. The van der Waals surface area contributed by atoms with E-state index in [0.29, 0.717) is 5.92 Å². The van der Waals surface area contributed by atoms with Gasteiger partial charge in [-0.3, -0.25) is 0 Å². The van der Waals surface area contributed by atoms with Crippen molar-refractivity contribution in [1.82, 2.24) is 5.32 Å². The first-order chi connectivity index (χ1) is 15.2. The fraction of sp³-hybridized carbons (Fsp3) is 0.391. The van der Waals surface area contributed by atoms with E-state index >= 15 is 0 Å². The number of benzene rings is 2. The van der Waals surface area contributed by atoms with E-state index in [-0.39, 0.29) is 18.0 Å². The number of carboxylic acids is 2. The number of likely N-dealkylation sites (N-methyl/N-ethyl adjacent to an activating group) is 1. The molecule has 1 aliphatic heterocycles. The van der Waals surface area contributed by atoms with Crippen LogP contribution in [0.2, 0.25) is 0 Å². The highest BCUT2D eigenvalue weighted by Crippen LogP contribution is 2.49. The number of ether oxygens (including phenoxy) is 1. The van der Waals surface area contributed by atoms with E-state index in [0.717, 1.165) is 24.9 Å². The molecule has 1 aliphatic carbocycles.